The van der Waals surface area contributed by atoms with Gasteiger partial charge in [0.25, 0.3) is 0 Å². The highest BCUT2D eigenvalue weighted by Crippen LogP contribution is 2.12. The molecule has 18 heavy (non-hydrogen) atoms. The summed E-state index contributed by atoms with van der Waals surface area (Å²) in [7, 11) is -2.24. The molecule has 1 aromatic carbocycles. The Bertz CT molecular complexity index is 512. The monoisotopic (exact) mass is 335 g/mol. The van der Waals surface area contributed by atoms with Gasteiger partial charge >= 0.3 is 5.97 Å². The van der Waals surface area contributed by atoms with Crippen molar-refractivity contribution in [1.82, 2.24) is 4.72 Å². The lowest BCUT2D eigenvalue weighted by atomic mass is 10.1. The van der Waals surface area contributed by atoms with Gasteiger partial charge in [-0.05, 0) is 24.1 Å². The van der Waals surface area contributed by atoms with E-state index in [1.54, 1.807) is 0 Å². The fraction of sp³-hybridized carbons (Fsp3) is 0.364. The van der Waals surface area contributed by atoms with Gasteiger partial charge in [0.2, 0.25) is 10.0 Å². The van der Waals surface area contributed by atoms with Crippen LogP contribution in [0.2, 0.25) is 0 Å². The van der Waals surface area contributed by atoms with Gasteiger partial charge in [-0.25, -0.2) is 13.1 Å². The molecular formula is C11H14BrNO4S. The number of sulfonamides is 1. The van der Waals surface area contributed by atoms with Crippen molar-refractivity contribution < 1.29 is 17.9 Å². The van der Waals surface area contributed by atoms with Gasteiger partial charge in [-0.2, -0.15) is 0 Å². The highest BCUT2D eigenvalue weighted by atomic mass is 79.9. The number of hydrogen-bond donors (Lipinski definition) is 1. The van der Waals surface area contributed by atoms with E-state index in [9.17, 15) is 13.2 Å². The minimum absolute atomic E-state index is 0.243. The number of ether oxygens (including phenoxy) is 1. The van der Waals surface area contributed by atoms with Crippen LogP contribution in [0.15, 0.2) is 28.7 Å². The number of nitrogens with one attached hydrogen (secondary N) is 1. The Balaban J connectivity index is 2.84. The molecule has 0 unspecified atom stereocenters. The van der Waals surface area contributed by atoms with Crippen LogP contribution in [0.5, 0.6) is 0 Å². The lowest BCUT2D eigenvalue weighted by Gasteiger charge is -2.15. The van der Waals surface area contributed by atoms with Gasteiger partial charge in [0.15, 0.2) is 0 Å². The van der Waals surface area contributed by atoms with E-state index >= 15 is 0 Å². The van der Waals surface area contributed by atoms with Gasteiger partial charge in [-0.3, -0.25) is 4.79 Å². The van der Waals surface area contributed by atoms with E-state index < -0.39 is 22.0 Å². The summed E-state index contributed by atoms with van der Waals surface area (Å²) in [6.45, 7) is 0. The molecule has 0 heterocycles. The number of halogens is 1. The van der Waals surface area contributed by atoms with Crippen LogP contribution in [0.1, 0.15) is 5.56 Å². The van der Waals surface area contributed by atoms with Crippen LogP contribution in [0.4, 0.5) is 0 Å². The molecule has 0 saturated heterocycles. The zero-order valence-corrected chi connectivity index (χ0v) is 12.4. The van der Waals surface area contributed by atoms with Crippen molar-refractivity contribution in [2.75, 3.05) is 13.4 Å². The molecule has 1 rings (SSSR count). The maximum absolute atomic E-state index is 11.5. The molecule has 100 valence electrons. The van der Waals surface area contributed by atoms with E-state index in [0.717, 1.165) is 16.3 Å². The van der Waals surface area contributed by atoms with Gasteiger partial charge in [-0.1, -0.05) is 28.1 Å². The quantitative estimate of drug-likeness (QED) is 0.817. The zero-order chi connectivity index (χ0) is 13.8. The Kier molecular flexibility index (Phi) is 5.30. The summed E-state index contributed by atoms with van der Waals surface area (Å²) in [5, 5.41) is 0. The van der Waals surface area contributed by atoms with Crippen LogP contribution in [0.25, 0.3) is 0 Å². The maximum atomic E-state index is 11.5. The van der Waals surface area contributed by atoms with Crippen molar-refractivity contribution in [1.29, 1.82) is 0 Å². The van der Waals surface area contributed by atoms with Crippen LogP contribution in [0, 0.1) is 0 Å². The first kappa shape index (κ1) is 15.1. The van der Waals surface area contributed by atoms with Crippen LogP contribution in [-0.4, -0.2) is 33.8 Å². The summed E-state index contributed by atoms with van der Waals surface area (Å²) in [6, 6.07) is 6.36. The smallest absolute Gasteiger partial charge is 0.324 e. The summed E-state index contributed by atoms with van der Waals surface area (Å²) in [6.07, 6.45) is 1.25. The predicted molar refractivity (Wildman–Crippen MR) is 71.6 cm³/mol. The van der Waals surface area contributed by atoms with E-state index in [2.05, 4.69) is 25.4 Å². The SMILES string of the molecule is COC(=O)[C@H](Cc1ccc(Br)cc1)NS(C)(=O)=O. The van der Waals surface area contributed by atoms with Crippen molar-refractivity contribution in [3.63, 3.8) is 0 Å². The fourth-order valence-corrected chi connectivity index (χ4v) is 2.39. The largest absolute Gasteiger partial charge is 0.468 e. The predicted octanol–water partition coefficient (Wildman–Crippen LogP) is 1.08. The molecule has 0 radical (unpaired) electrons. The Morgan fingerprint density at radius 3 is 2.39 bits per heavy atom. The maximum Gasteiger partial charge on any atom is 0.324 e. The molecule has 0 aliphatic carbocycles. The summed E-state index contributed by atoms with van der Waals surface area (Å²) < 4.78 is 30.1. The van der Waals surface area contributed by atoms with Crippen LogP contribution in [-0.2, 0) is 26.0 Å². The lowest BCUT2D eigenvalue weighted by molar-refractivity contribution is -0.142. The summed E-state index contributed by atoms with van der Waals surface area (Å²) in [5.74, 6) is -0.608. The first-order valence-corrected chi connectivity index (χ1v) is 7.80. The molecular weight excluding hydrogens is 322 g/mol. The Hall–Kier alpha value is -0.920. The number of methoxy groups -OCH3 is 1. The lowest BCUT2D eigenvalue weighted by Crippen LogP contribution is -2.42. The van der Waals surface area contributed by atoms with Crippen molar-refractivity contribution in [2.45, 2.75) is 12.5 Å². The molecule has 7 heteroatoms. The first-order valence-electron chi connectivity index (χ1n) is 5.11. The number of esters is 1. The third-order valence-electron chi connectivity index (χ3n) is 2.20. The highest BCUT2D eigenvalue weighted by molar-refractivity contribution is 9.10. The molecule has 0 bridgehead atoms. The average Bonchev–Trinajstić information content (AvgIpc) is 2.28. The number of rotatable bonds is 5. The fourth-order valence-electron chi connectivity index (χ4n) is 1.43. The second-order valence-electron chi connectivity index (χ2n) is 3.80. The second-order valence-corrected chi connectivity index (χ2v) is 6.49. The summed E-state index contributed by atoms with van der Waals surface area (Å²) >= 11 is 3.30. The van der Waals surface area contributed by atoms with Gasteiger partial charge in [0, 0.05) is 4.47 Å². The van der Waals surface area contributed by atoms with Crippen molar-refractivity contribution in [2.24, 2.45) is 0 Å². The topological polar surface area (TPSA) is 72.5 Å². The number of carbonyl (C=O) groups excluding carboxylic acids is 1. The summed E-state index contributed by atoms with van der Waals surface area (Å²) in [4.78, 5) is 11.5. The summed E-state index contributed by atoms with van der Waals surface area (Å²) in [5.41, 5.74) is 0.838. The molecule has 1 atom stereocenters. The molecule has 0 saturated carbocycles. The third-order valence-corrected chi connectivity index (χ3v) is 3.44. The van der Waals surface area contributed by atoms with E-state index in [1.165, 1.54) is 7.11 Å². The molecule has 0 aliphatic heterocycles. The van der Waals surface area contributed by atoms with Gasteiger partial charge < -0.3 is 4.74 Å². The molecule has 0 fully saturated rings. The molecule has 1 aromatic rings. The van der Waals surface area contributed by atoms with Gasteiger partial charge in [0.1, 0.15) is 6.04 Å². The highest BCUT2D eigenvalue weighted by Gasteiger charge is 2.23. The molecule has 0 aliphatic rings. The standard InChI is InChI=1S/C11H14BrNO4S/c1-17-11(14)10(13-18(2,15)16)7-8-3-5-9(12)6-4-8/h3-6,10,13H,7H2,1-2H3/t10-/m0/s1. The minimum Gasteiger partial charge on any atom is -0.468 e. The number of carbonyl (C=O) groups is 1. The Morgan fingerprint density at radius 2 is 1.94 bits per heavy atom. The molecule has 0 spiro atoms. The van der Waals surface area contributed by atoms with E-state index in [1.807, 2.05) is 24.3 Å². The normalized spacial score (nSPS) is 13.1. The average molecular weight is 336 g/mol. The van der Waals surface area contributed by atoms with Crippen molar-refractivity contribution >= 4 is 31.9 Å². The van der Waals surface area contributed by atoms with Crippen molar-refractivity contribution in [3.8, 4) is 0 Å². The Labute approximate surface area is 115 Å². The van der Waals surface area contributed by atoms with Crippen molar-refractivity contribution in [3.05, 3.63) is 34.3 Å². The van der Waals surface area contributed by atoms with E-state index in [0.29, 0.717) is 0 Å². The van der Waals surface area contributed by atoms with Crippen LogP contribution < -0.4 is 4.72 Å². The molecule has 5 nitrogen and oxygen atoms in total. The first-order chi connectivity index (χ1) is 8.31. The second kappa shape index (κ2) is 6.31. The number of benzene rings is 1. The Morgan fingerprint density at radius 1 is 1.39 bits per heavy atom. The van der Waals surface area contributed by atoms with Crippen LogP contribution >= 0.6 is 15.9 Å². The molecule has 0 aromatic heterocycles. The number of hydrogen-bond acceptors (Lipinski definition) is 4. The third kappa shape index (κ3) is 5.16. The van der Waals surface area contributed by atoms with Gasteiger partial charge in [-0.15, -0.1) is 0 Å². The molecule has 1 N–H and O–H groups in total. The van der Waals surface area contributed by atoms with Gasteiger partial charge in [0.05, 0.1) is 13.4 Å². The zero-order valence-electron chi connectivity index (χ0n) is 10.0. The van der Waals surface area contributed by atoms with E-state index in [4.69, 9.17) is 0 Å². The minimum atomic E-state index is -3.47. The van der Waals surface area contributed by atoms with E-state index in [-0.39, 0.29) is 6.42 Å². The van der Waals surface area contributed by atoms with Crippen LogP contribution in [0.3, 0.4) is 0 Å². The molecule has 0 amide bonds.